The van der Waals surface area contributed by atoms with E-state index in [1.807, 2.05) is 25.1 Å². The van der Waals surface area contributed by atoms with Crippen LogP contribution >= 0.6 is 11.3 Å². The van der Waals surface area contributed by atoms with Gasteiger partial charge in [-0.1, -0.05) is 6.92 Å². The van der Waals surface area contributed by atoms with Crippen molar-refractivity contribution >= 4 is 33.1 Å². The molecule has 0 aliphatic carbocycles. The van der Waals surface area contributed by atoms with Crippen molar-refractivity contribution in [3.63, 3.8) is 0 Å². The van der Waals surface area contributed by atoms with Crippen LogP contribution in [-0.2, 0) is 6.42 Å². The molecule has 0 amide bonds. The summed E-state index contributed by atoms with van der Waals surface area (Å²) in [4.78, 5) is 11.4. The maximum absolute atomic E-state index is 5.42. The number of nitrogens with one attached hydrogen (secondary N) is 1. The molecule has 3 heterocycles. The lowest BCUT2D eigenvalue weighted by molar-refractivity contribution is 0.174. The molecule has 0 bridgehead atoms. The largest absolute Gasteiger partial charge is 0.454 e. The van der Waals surface area contributed by atoms with Gasteiger partial charge in [0.25, 0.3) is 0 Å². The quantitative estimate of drug-likeness (QED) is 0.791. The Balaban J connectivity index is 1.75. The van der Waals surface area contributed by atoms with Crippen molar-refractivity contribution in [2.24, 2.45) is 0 Å². The summed E-state index contributed by atoms with van der Waals surface area (Å²) >= 11 is 1.72. The number of aromatic nitrogens is 2. The highest BCUT2D eigenvalue weighted by molar-refractivity contribution is 7.18. The van der Waals surface area contributed by atoms with E-state index in [0.29, 0.717) is 0 Å². The minimum Gasteiger partial charge on any atom is -0.454 e. The highest BCUT2D eigenvalue weighted by Crippen LogP contribution is 2.36. The van der Waals surface area contributed by atoms with Gasteiger partial charge >= 0.3 is 0 Å². The number of benzene rings is 1. The van der Waals surface area contributed by atoms with Crippen LogP contribution in [-0.4, -0.2) is 16.8 Å². The first kappa shape index (κ1) is 13.3. The van der Waals surface area contributed by atoms with Crippen molar-refractivity contribution in [2.45, 2.75) is 20.3 Å². The molecule has 112 valence electrons. The third-order valence-corrected chi connectivity index (χ3v) is 4.71. The van der Waals surface area contributed by atoms with Gasteiger partial charge in [-0.3, -0.25) is 0 Å². The molecule has 0 spiro atoms. The zero-order valence-electron chi connectivity index (χ0n) is 12.3. The molecule has 1 N–H and O–H groups in total. The predicted molar refractivity (Wildman–Crippen MR) is 87.4 cm³/mol. The highest BCUT2D eigenvalue weighted by atomic mass is 32.1. The molecule has 1 aromatic carbocycles. The molecule has 4 rings (SSSR count). The molecule has 0 unspecified atom stereocenters. The molecule has 0 saturated heterocycles. The van der Waals surface area contributed by atoms with E-state index >= 15 is 0 Å². The first-order valence-electron chi connectivity index (χ1n) is 7.16. The van der Waals surface area contributed by atoms with Crippen molar-refractivity contribution in [3.05, 3.63) is 35.0 Å². The standard InChI is InChI=1S/C16H15N3O2S/c1-3-11-7-12-15(17-9(2)18-16(12)22-11)19-10-4-5-13-14(6-10)21-8-20-13/h4-7H,3,8H2,1-2H3,(H,17,18,19). The molecular formula is C16H15N3O2S. The molecule has 3 aromatic rings. The Kier molecular flexibility index (Phi) is 3.11. The topological polar surface area (TPSA) is 56.3 Å². The Morgan fingerprint density at radius 2 is 2.05 bits per heavy atom. The summed E-state index contributed by atoms with van der Waals surface area (Å²) in [6, 6.07) is 7.96. The van der Waals surface area contributed by atoms with Gasteiger partial charge in [0, 0.05) is 16.6 Å². The fourth-order valence-corrected chi connectivity index (χ4v) is 3.47. The lowest BCUT2D eigenvalue weighted by Crippen LogP contribution is -1.97. The average Bonchev–Trinajstić information content (AvgIpc) is 3.12. The van der Waals surface area contributed by atoms with E-state index < -0.39 is 0 Å². The van der Waals surface area contributed by atoms with Crippen molar-refractivity contribution in [2.75, 3.05) is 12.1 Å². The Morgan fingerprint density at radius 3 is 2.91 bits per heavy atom. The summed E-state index contributed by atoms with van der Waals surface area (Å²) in [6.45, 7) is 4.34. The third-order valence-electron chi connectivity index (χ3n) is 3.54. The van der Waals surface area contributed by atoms with Gasteiger partial charge in [-0.05, 0) is 31.5 Å². The van der Waals surface area contributed by atoms with Crippen molar-refractivity contribution < 1.29 is 9.47 Å². The zero-order valence-corrected chi connectivity index (χ0v) is 13.2. The Labute approximate surface area is 131 Å². The maximum Gasteiger partial charge on any atom is 0.231 e. The van der Waals surface area contributed by atoms with Crippen molar-refractivity contribution in [3.8, 4) is 11.5 Å². The number of anilines is 2. The number of rotatable bonds is 3. The van der Waals surface area contributed by atoms with Crippen molar-refractivity contribution in [1.29, 1.82) is 0 Å². The summed E-state index contributed by atoms with van der Waals surface area (Å²) in [6.07, 6.45) is 1.00. The summed E-state index contributed by atoms with van der Waals surface area (Å²) in [5.74, 6) is 3.13. The van der Waals surface area contributed by atoms with E-state index in [0.717, 1.165) is 45.5 Å². The predicted octanol–water partition coefficient (Wildman–Crippen LogP) is 4.03. The van der Waals surface area contributed by atoms with Crippen LogP contribution in [0.15, 0.2) is 24.3 Å². The molecule has 0 atom stereocenters. The zero-order chi connectivity index (χ0) is 15.1. The number of thiophene rings is 1. The van der Waals surface area contributed by atoms with Crippen molar-refractivity contribution in [1.82, 2.24) is 9.97 Å². The van der Waals surface area contributed by atoms with Gasteiger partial charge in [0.2, 0.25) is 6.79 Å². The van der Waals surface area contributed by atoms with Crippen LogP contribution in [0.4, 0.5) is 11.5 Å². The fraction of sp³-hybridized carbons (Fsp3) is 0.250. The van der Waals surface area contributed by atoms with Gasteiger partial charge in [0.1, 0.15) is 16.5 Å². The molecule has 2 aromatic heterocycles. The first-order chi connectivity index (χ1) is 10.7. The number of hydrogen-bond donors (Lipinski definition) is 1. The van der Waals surface area contributed by atoms with E-state index in [-0.39, 0.29) is 6.79 Å². The van der Waals surface area contributed by atoms with Gasteiger partial charge < -0.3 is 14.8 Å². The van der Waals surface area contributed by atoms with E-state index in [4.69, 9.17) is 9.47 Å². The van der Waals surface area contributed by atoms with Crippen LogP contribution in [0.25, 0.3) is 10.2 Å². The van der Waals surface area contributed by atoms with E-state index in [1.54, 1.807) is 11.3 Å². The Morgan fingerprint density at radius 1 is 1.18 bits per heavy atom. The summed E-state index contributed by atoms with van der Waals surface area (Å²) in [5.41, 5.74) is 0.924. The lowest BCUT2D eigenvalue weighted by atomic mass is 10.2. The second-order valence-corrected chi connectivity index (χ2v) is 6.21. The normalized spacial score (nSPS) is 12.8. The van der Waals surface area contributed by atoms with Gasteiger partial charge in [-0.2, -0.15) is 0 Å². The molecule has 0 fully saturated rings. The fourth-order valence-electron chi connectivity index (χ4n) is 2.46. The van der Waals surface area contributed by atoms with Crippen LogP contribution in [0.1, 0.15) is 17.6 Å². The minimum absolute atomic E-state index is 0.278. The molecule has 0 radical (unpaired) electrons. The Bertz CT molecular complexity index is 860. The van der Waals surface area contributed by atoms with Gasteiger partial charge in [0.15, 0.2) is 11.5 Å². The molecular weight excluding hydrogens is 298 g/mol. The van der Waals surface area contributed by atoms with Gasteiger partial charge in [-0.25, -0.2) is 9.97 Å². The third kappa shape index (κ3) is 2.25. The molecule has 5 nitrogen and oxygen atoms in total. The summed E-state index contributed by atoms with van der Waals surface area (Å²) in [5, 5.41) is 4.44. The molecule has 0 saturated carbocycles. The van der Waals surface area contributed by atoms with Crippen LogP contribution in [0, 0.1) is 6.92 Å². The number of hydrogen-bond acceptors (Lipinski definition) is 6. The second-order valence-electron chi connectivity index (χ2n) is 5.10. The molecule has 1 aliphatic heterocycles. The smallest absolute Gasteiger partial charge is 0.231 e. The van der Waals surface area contributed by atoms with Crippen LogP contribution in [0.2, 0.25) is 0 Å². The monoisotopic (exact) mass is 313 g/mol. The van der Waals surface area contributed by atoms with Crippen LogP contribution in [0.3, 0.4) is 0 Å². The molecule has 22 heavy (non-hydrogen) atoms. The van der Waals surface area contributed by atoms with Gasteiger partial charge in [-0.15, -0.1) is 11.3 Å². The summed E-state index contributed by atoms with van der Waals surface area (Å²) in [7, 11) is 0. The van der Waals surface area contributed by atoms with Crippen LogP contribution in [0.5, 0.6) is 11.5 Å². The lowest BCUT2D eigenvalue weighted by Gasteiger charge is -2.08. The van der Waals surface area contributed by atoms with Crippen LogP contribution < -0.4 is 14.8 Å². The SMILES string of the molecule is CCc1cc2c(Nc3ccc4c(c3)OCO4)nc(C)nc2s1. The Hall–Kier alpha value is -2.34. The summed E-state index contributed by atoms with van der Waals surface area (Å²) < 4.78 is 10.8. The molecule has 6 heteroatoms. The number of ether oxygens (including phenoxy) is 2. The highest BCUT2D eigenvalue weighted by Gasteiger charge is 2.15. The maximum atomic E-state index is 5.42. The first-order valence-corrected chi connectivity index (χ1v) is 7.98. The minimum atomic E-state index is 0.278. The van der Waals surface area contributed by atoms with E-state index in [2.05, 4.69) is 28.3 Å². The molecule has 1 aliphatic rings. The number of aryl methyl sites for hydroxylation is 2. The van der Waals surface area contributed by atoms with Gasteiger partial charge in [0.05, 0.1) is 5.39 Å². The number of fused-ring (bicyclic) bond motifs is 2. The average molecular weight is 313 g/mol. The second kappa shape index (κ2) is 5.14. The number of nitrogens with zero attached hydrogens (tertiary/aromatic N) is 2. The van der Waals surface area contributed by atoms with E-state index in [9.17, 15) is 0 Å². The van der Waals surface area contributed by atoms with E-state index in [1.165, 1.54) is 4.88 Å².